The van der Waals surface area contributed by atoms with E-state index in [4.69, 9.17) is 5.21 Å². The Morgan fingerprint density at radius 2 is 2.50 bits per heavy atom. The molecule has 6 nitrogen and oxygen atoms in total. The van der Waals surface area contributed by atoms with Crippen LogP contribution in [-0.4, -0.2) is 33.5 Å². The molecule has 52 valence electrons. The van der Waals surface area contributed by atoms with Crippen LogP contribution in [0.1, 0.15) is 5.69 Å². The highest BCUT2D eigenvalue weighted by Gasteiger charge is 2.14. The Labute approximate surface area is 56.1 Å². The van der Waals surface area contributed by atoms with Gasteiger partial charge in [0.25, 0.3) is 0 Å². The van der Waals surface area contributed by atoms with Crippen LogP contribution in [0, 0.1) is 0 Å². The number of aliphatic imine (C=N–C) groups is 1. The molecule has 0 bridgehead atoms. The van der Waals surface area contributed by atoms with Gasteiger partial charge in [-0.1, -0.05) is 0 Å². The fourth-order valence-corrected chi connectivity index (χ4v) is 0.782. The number of nitrogens with zero attached hydrogens (tertiary/aromatic N) is 4. The van der Waals surface area contributed by atoms with Crippen molar-refractivity contribution in [1.29, 1.82) is 0 Å². The largest absolute Gasteiger partial charge is 0.285 e. The summed E-state index contributed by atoms with van der Waals surface area (Å²) in [4.78, 5) is 3.80. The van der Waals surface area contributed by atoms with Crippen LogP contribution >= 0.6 is 0 Å². The second kappa shape index (κ2) is 1.77. The first kappa shape index (κ1) is 5.36. The number of aromatic amines is 1. The number of anilines is 1. The number of rotatable bonds is 0. The van der Waals surface area contributed by atoms with Crippen molar-refractivity contribution >= 4 is 12.0 Å². The summed E-state index contributed by atoms with van der Waals surface area (Å²) in [6.45, 7) is 0.222. The van der Waals surface area contributed by atoms with Gasteiger partial charge in [-0.15, -0.1) is 5.10 Å². The van der Waals surface area contributed by atoms with Gasteiger partial charge in [0.05, 0.1) is 6.21 Å². The summed E-state index contributed by atoms with van der Waals surface area (Å²) in [6.07, 6.45) is 1.56. The van der Waals surface area contributed by atoms with Crippen molar-refractivity contribution in [3.63, 3.8) is 0 Å². The van der Waals surface area contributed by atoms with Gasteiger partial charge in [0.2, 0.25) is 5.82 Å². The number of hydrogen-bond donors (Lipinski definition) is 2. The second-order valence-corrected chi connectivity index (χ2v) is 1.89. The van der Waals surface area contributed by atoms with E-state index >= 15 is 0 Å². The monoisotopic (exact) mass is 139 g/mol. The summed E-state index contributed by atoms with van der Waals surface area (Å²) in [7, 11) is 0. The van der Waals surface area contributed by atoms with Crippen LogP contribution in [0.25, 0.3) is 0 Å². The molecular weight excluding hydrogens is 134 g/mol. The molecule has 0 aromatic carbocycles. The van der Waals surface area contributed by atoms with E-state index in [9.17, 15) is 0 Å². The van der Waals surface area contributed by atoms with Crippen LogP contribution in [0.15, 0.2) is 4.99 Å². The lowest BCUT2D eigenvalue weighted by molar-refractivity contribution is 0.253. The molecule has 0 aliphatic carbocycles. The molecule has 0 saturated heterocycles. The summed E-state index contributed by atoms with van der Waals surface area (Å²) in [5.74, 6) is 0.426. The van der Waals surface area contributed by atoms with Gasteiger partial charge in [-0.05, 0) is 0 Å². The Hall–Kier alpha value is -1.43. The summed E-state index contributed by atoms with van der Waals surface area (Å²) in [6, 6.07) is 0. The highest BCUT2D eigenvalue weighted by Crippen LogP contribution is 2.13. The van der Waals surface area contributed by atoms with Crippen LogP contribution in [0.2, 0.25) is 0 Å². The Balaban J connectivity index is 2.52. The Kier molecular flexibility index (Phi) is 0.952. The number of nitrogens with one attached hydrogen (secondary N) is 1. The van der Waals surface area contributed by atoms with E-state index in [1.54, 1.807) is 6.21 Å². The molecule has 1 aliphatic heterocycles. The predicted octanol–water partition coefficient (Wildman–Crippen LogP) is -0.610. The zero-order chi connectivity index (χ0) is 6.97. The van der Waals surface area contributed by atoms with Crippen molar-refractivity contribution in [3.05, 3.63) is 5.69 Å². The number of H-pyrrole nitrogens is 1. The normalized spacial score (nSPS) is 15.5. The first-order valence-corrected chi connectivity index (χ1v) is 2.75. The number of aromatic nitrogens is 3. The van der Waals surface area contributed by atoms with Crippen molar-refractivity contribution < 1.29 is 5.21 Å². The average molecular weight is 139 g/mol. The van der Waals surface area contributed by atoms with Crippen molar-refractivity contribution in [2.45, 2.75) is 0 Å². The maximum Gasteiger partial charge on any atom is 0.205 e. The summed E-state index contributed by atoms with van der Waals surface area (Å²) in [5, 5.41) is 19.8. The molecule has 1 aromatic heterocycles. The van der Waals surface area contributed by atoms with Crippen LogP contribution in [0.4, 0.5) is 5.82 Å². The average Bonchev–Trinajstić information content (AvgIpc) is 2.36. The summed E-state index contributed by atoms with van der Waals surface area (Å²) in [5.41, 5.74) is 0.564. The molecule has 2 N–H and O–H groups in total. The van der Waals surface area contributed by atoms with Gasteiger partial charge in [-0.2, -0.15) is 10.3 Å². The van der Waals surface area contributed by atoms with Crippen LogP contribution in [-0.2, 0) is 0 Å². The van der Waals surface area contributed by atoms with E-state index in [2.05, 4.69) is 20.4 Å². The molecule has 1 aromatic rings. The van der Waals surface area contributed by atoms with E-state index in [1.165, 1.54) is 0 Å². The summed E-state index contributed by atoms with van der Waals surface area (Å²) < 4.78 is 0. The minimum atomic E-state index is 0.222. The Bertz CT molecular complexity index is 266. The molecule has 2 heterocycles. The molecular formula is C4H5N5O. The maximum absolute atomic E-state index is 9.05. The quantitative estimate of drug-likeness (QED) is 0.502. The van der Waals surface area contributed by atoms with E-state index in [1.807, 2.05) is 0 Å². The van der Waals surface area contributed by atoms with E-state index in [0.717, 1.165) is 5.06 Å². The lowest BCUT2D eigenvalue weighted by Gasteiger charge is -2.13. The SMILES string of the molecule is ON1CN=Cc2n[nH]nc21. The zero-order valence-electron chi connectivity index (χ0n) is 5.02. The van der Waals surface area contributed by atoms with Gasteiger partial charge >= 0.3 is 0 Å². The molecule has 0 radical (unpaired) electrons. The minimum absolute atomic E-state index is 0.222. The lowest BCUT2D eigenvalue weighted by Crippen LogP contribution is -2.22. The van der Waals surface area contributed by atoms with E-state index in [0.29, 0.717) is 11.5 Å². The molecule has 1 aliphatic rings. The molecule has 0 fully saturated rings. The third-order valence-electron chi connectivity index (χ3n) is 1.23. The van der Waals surface area contributed by atoms with Crippen molar-refractivity contribution in [3.8, 4) is 0 Å². The van der Waals surface area contributed by atoms with Crippen molar-refractivity contribution in [1.82, 2.24) is 15.4 Å². The fourth-order valence-electron chi connectivity index (χ4n) is 0.782. The molecule has 2 rings (SSSR count). The minimum Gasteiger partial charge on any atom is -0.285 e. The maximum atomic E-state index is 9.05. The smallest absolute Gasteiger partial charge is 0.205 e. The third kappa shape index (κ3) is 0.591. The van der Waals surface area contributed by atoms with Crippen molar-refractivity contribution in [2.75, 3.05) is 11.7 Å². The topological polar surface area (TPSA) is 77.4 Å². The Morgan fingerprint density at radius 3 is 3.30 bits per heavy atom. The van der Waals surface area contributed by atoms with Crippen LogP contribution in [0.5, 0.6) is 0 Å². The Morgan fingerprint density at radius 1 is 1.60 bits per heavy atom. The highest BCUT2D eigenvalue weighted by molar-refractivity contribution is 5.84. The zero-order valence-corrected chi connectivity index (χ0v) is 5.02. The molecule has 10 heavy (non-hydrogen) atoms. The van der Waals surface area contributed by atoms with Gasteiger partial charge < -0.3 is 0 Å². The van der Waals surface area contributed by atoms with E-state index in [-0.39, 0.29) is 6.67 Å². The lowest BCUT2D eigenvalue weighted by atomic mass is 10.4. The number of fused-ring (bicyclic) bond motifs is 1. The van der Waals surface area contributed by atoms with Gasteiger partial charge in [-0.25, -0.2) is 5.06 Å². The number of hydrogen-bond acceptors (Lipinski definition) is 5. The fraction of sp³-hybridized carbons (Fsp3) is 0.250. The third-order valence-corrected chi connectivity index (χ3v) is 1.23. The van der Waals surface area contributed by atoms with Gasteiger partial charge in [0.1, 0.15) is 12.4 Å². The molecule has 0 amide bonds. The van der Waals surface area contributed by atoms with Gasteiger partial charge in [0.15, 0.2) is 0 Å². The van der Waals surface area contributed by atoms with E-state index < -0.39 is 0 Å². The van der Waals surface area contributed by atoms with Gasteiger partial charge in [0, 0.05) is 0 Å². The second-order valence-electron chi connectivity index (χ2n) is 1.89. The number of hydroxylamine groups is 1. The molecule has 0 atom stereocenters. The molecule has 0 spiro atoms. The van der Waals surface area contributed by atoms with Gasteiger partial charge in [-0.3, -0.25) is 10.2 Å². The summed E-state index contributed by atoms with van der Waals surface area (Å²) >= 11 is 0. The van der Waals surface area contributed by atoms with Crippen molar-refractivity contribution in [2.24, 2.45) is 4.99 Å². The molecule has 0 unspecified atom stereocenters. The molecule has 6 heteroatoms. The van der Waals surface area contributed by atoms with Crippen LogP contribution in [0.3, 0.4) is 0 Å². The van der Waals surface area contributed by atoms with Crippen LogP contribution < -0.4 is 5.06 Å². The first-order chi connectivity index (χ1) is 4.88. The molecule has 0 saturated carbocycles. The first-order valence-electron chi connectivity index (χ1n) is 2.75. The standard InChI is InChI=1S/C4H5N5O/c10-9-2-5-1-3-4(9)7-8-6-3/h1,10H,2H2,(H,6,7,8). The highest BCUT2D eigenvalue weighted by atomic mass is 16.5. The predicted molar refractivity (Wildman–Crippen MR) is 33.1 cm³/mol.